The fraction of sp³-hybridized carbons (Fsp3) is 0.571. The molecule has 0 saturated heterocycles. The fourth-order valence-electron chi connectivity index (χ4n) is 2.61. The number of carbonyl (C=O) groups excluding carboxylic acids is 1. The van der Waals surface area contributed by atoms with E-state index in [-0.39, 0.29) is 31.0 Å². The third-order valence-electron chi connectivity index (χ3n) is 3.54. The van der Waals surface area contributed by atoms with Crippen LogP contribution in [0, 0.1) is 12.8 Å². The van der Waals surface area contributed by atoms with E-state index in [2.05, 4.69) is 4.98 Å². The Hall–Kier alpha value is -1.32. The van der Waals surface area contributed by atoms with Gasteiger partial charge in [0.15, 0.2) is 5.78 Å². The van der Waals surface area contributed by atoms with Crippen LogP contribution in [0.3, 0.4) is 0 Å². The van der Waals surface area contributed by atoms with Gasteiger partial charge in [0.2, 0.25) is 5.92 Å². The van der Waals surface area contributed by atoms with Crippen LogP contribution in [-0.4, -0.2) is 16.7 Å². The lowest BCUT2D eigenvalue weighted by atomic mass is 9.82. The summed E-state index contributed by atoms with van der Waals surface area (Å²) >= 11 is 0. The molecule has 1 fully saturated rings. The summed E-state index contributed by atoms with van der Waals surface area (Å²) in [6.45, 7) is 1.82. The number of Topliss-reactive ketones (excluding diaryl/α,β-unsaturated/α-hetero) is 1. The summed E-state index contributed by atoms with van der Waals surface area (Å²) in [6.07, 6.45) is 4.47. The summed E-state index contributed by atoms with van der Waals surface area (Å²) in [5.41, 5.74) is 1.42. The molecule has 1 aliphatic carbocycles. The number of rotatable bonds is 3. The average Bonchev–Trinajstić information content (AvgIpc) is 2.28. The van der Waals surface area contributed by atoms with E-state index in [0.29, 0.717) is 12.0 Å². The van der Waals surface area contributed by atoms with E-state index in [1.54, 1.807) is 18.5 Å². The quantitative estimate of drug-likeness (QED) is 0.767. The highest BCUT2D eigenvalue weighted by Crippen LogP contribution is 2.38. The Kier molecular flexibility index (Phi) is 3.73. The van der Waals surface area contributed by atoms with E-state index >= 15 is 0 Å². The minimum Gasteiger partial charge on any atom is -0.294 e. The summed E-state index contributed by atoms with van der Waals surface area (Å²) in [4.78, 5) is 16.0. The zero-order valence-corrected chi connectivity index (χ0v) is 10.5. The number of pyridine rings is 1. The Morgan fingerprint density at radius 2 is 2.33 bits per heavy atom. The van der Waals surface area contributed by atoms with Crippen LogP contribution in [0.2, 0.25) is 0 Å². The highest BCUT2D eigenvalue weighted by molar-refractivity contribution is 5.97. The minimum atomic E-state index is -2.59. The van der Waals surface area contributed by atoms with Crippen LogP contribution in [0.15, 0.2) is 18.5 Å². The summed E-state index contributed by atoms with van der Waals surface area (Å²) in [7, 11) is 0. The van der Waals surface area contributed by atoms with Crippen molar-refractivity contribution in [2.24, 2.45) is 5.92 Å². The molecule has 18 heavy (non-hydrogen) atoms. The maximum Gasteiger partial charge on any atom is 0.248 e. The second-order valence-electron chi connectivity index (χ2n) is 5.14. The Labute approximate surface area is 105 Å². The Balaban J connectivity index is 2.02. The van der Waals surface area contributed by atoms with Gasteiger partial charge in [-0.1, -0.05) is 0 Å². The molecule has 2 nitrogen and oxygen atoms in total. The van der Waals surface area contributed by atoms with Crippen LogP contribution < -0.4 is 0 Å². The van der Waals surface area contributed by atoms with Gasteiger partial charge in [-0.2, -0.15) is 0 Å². The molecule has 1 saturated carbocycles. The first-order valence-electron chi connectivity index (χ1n) is 6.29. The van der Waals surface area contributed by atoms with Crippen molar-refractivity contribution < 1.29 is 13.6 Å². The molecule has 1 aromatic rings. The van der Waals surface area contributed by atoms with E-state index in [0.717, 1.165) is 12.0 Å². The first-order valence-corrected chi connectivity index (χ1v) is 6.29. The SMILES string of the molecule is Cc1cnccc1C(=O)CC1CCCC(F)(F)C1. The summed E-state index contributed by atoms with van der Waals surface area (Å²) < 4.78 is 26.5. The van der Waals surface area contributed by atoms with Crippen LogP contribution in [-0.2, 0) is 0 Å². The van der Waals surface area contributed by atoms with Crippen LogP contribution >= 0.6 is 0 Å². The molecule has 1 atom stereocenters. The number of ketones is 1. The number of aryl methyl sites for hydroxylation is 1. The van der Waals surface area contributed by atoms with E-state index < -0.39 is 5.92 Å². The molecule has 0 bridgehead atoms. The number of nitrogens with zero attached hydrogens (tertiary/aromatic N) is 1. The maximum absolute atomic E-state index is 13.3. The van der Waals surface area contributed by atoms with Crippen molar-refractivity contribution in [1.82, 2.24) is 4.98 Å². The third kappa shape index (κ3) is 3.12. The molecule has 2 rings (SSSR count). The largest absolute Gasteiger partial charge is 0.294 e. The fourth-order valence-corrected chi connectivity index (χ4v) is 2.61. The van der Waals surface area contributed by atoms with Crippen molar-refractivity contribution in [3.8, 4) is 0 Å². The summed E-state index contributed by atoms with van der Waals surface area (Å²) in [5, 5.41) is 0. The standard InChI is InChI=1S/C14H17F2NO/c1-10-9-17-6-4-12(10)13(18)7-11-3-2-5-14(15,16)8-11/h4,6,9,11H,2-3,5,7-8H2,1H3. The predicted molar refractivity (Wildman–Crippen MR) is 64.8 cm³/mol. The van der Waals surface area contributed by atoms with Crippen LogP contribution in [0.1, 0.15) is 48.0 Å². The topological polar surface area (TPSA) is 30.0 Å². The lowest BCUT2D eigenvalue weighted by Gasteiger charge is -2.28. The molecule has 1 aromatic heterocycles. The highest BCUT2D eigenvalue weighted by atomic mass is 19.3. The van der Waals surface area contributed by atoms with Crippen LogP contribution in [0.25, 0.3) is 0 Å². The number of carbonyl (C=O) groups is 1. The molecule has 98 valence electrons. The van der Waals surface area contributed by atoms with Gasteiger partial charge in [-0.05, 0) is 37.3 Å². The first kappa shape index (κ1) is 13.1. The van der Waals surface area contributed by atoms with Crippen molar-refractivity contribution in [2.45, 2.75) is 45.0 Å². The smallest absolute Gasteiger partial charge is 0.248 e. The lowest BCUT2D eigenvalue weighted by Crippen LogP contribution is -2.27. The minimum absolute atomic E-state index is 0.0357. The highest BCUT2D eigenvalue weighted by Gasteiger charge is 2.36. The third-order valence-corrected chi connectivity index (χ3v) is 3.54. The maximum atomic E-state index is 13.3. The van der Waals surface area contributed by atoms with Crippen LogP contribution in [0.5, 0.6) is 0 Å². The molecular weight excluding hydrogens is 236 g/mol. The monoisotopic (exact) mass is 253 g/mol. The zero-order chi connectivity index (χ0) is 13.2. The molecule has 0 spiro atoms. The Bertz CT molecular complexity index is 445. The van der Waals surface area contributed by atoms with Crippen LogP contribution in [0.4, 0.5) is 8.78 Å². The van der Waals surface area contributed by atoms with Gasteiger partial charge >= 0.3 is 0 Å². The van der Waals surface area contributed by atoms with E-state index in [4.69, 9.17) is 0 Å². The molecule has 0 amide bonds. The molecule has 0 aliphatic heterocycles. The number of hydrogen-bond acceptors (Lipinski definition) is 2. The van der Waals surface area contributed by atoms with Crippen molar-refractivity contribution >= 4 is 5.78 Å². The molecule has 0 N–H and O–H groups in total. The Morgan fingerprint density at radius 1 is 1.56 bits per heavy atom. The van der Waals surface area contributed by atoms with Gasteiger partial charge in [-0.25, -0.2) is 8.78 Å². The van der Waals surface area contributed by atoms with Gasteiger partial charge in [0.25, 0.3) is 0 Å². The zero-order valence-electron chi connectivity index (χ0n) is 10.5. The Morgan fingerprint density at radius 3 is 3.00 bits per heavy atom. The van der Waals surface area contributed by atoms with Crippen molar-refractivity contribution in [2.75, 3.05) is 0 Å². The average molecular weight is 253 g/mol. The first-order chi connectivity index (χ1) is 8.48. The van der Waals surface area contributed by atoms with E-state index in [1.165, 1.54) is 0 Å². The normalized spacial score (nSPS) is 22.7. The van der Waals surface area contributed by atoms with Crippen molar-refractivity contribution in [3.05, 3.63) is 29.6 Å². The molecular formula is C14H17F2NO. The van der Waals surface area contributed by atoms with Gasteiger partial charge in [0.05, 0.1) is 0 Å². The van der Waals surface area contributed by atoms with Gasteiger partial charge < -0.3 is 0 Å². The number of hydrogen-bond donors (Lipinski definition) is 0. The second-order valence-corrected chi connectivity index (χ2v) is 5.14. The number of alkyl halides is 2. The molecule has 0 radical (unpaired) electrons. The van der Waals surface area contributed by atoms with Gasteiger partial charge in [0, 0.05) is 37.2 Å². The molecule has 1 aliphatic rings. The van der Waals surface area contributed by atoms with Gasteiger partial charge in [-0.15, -0.1) is 0 Å². The second kappa shape index (κ2) is 5.12. The van der Waals surface area contributed by atoms with E-state index in [9.17, 15) is 13.6 Å². The predicted octanol–water partition coefficient (Wildman–Crippen LogP) is 3.79. The molecule has 0 aromatic carbocycles. The summed E-state index contributed by atoms with van der Waals surface area (Å²) in [5.74, 6) is -2.82. The number of halogens is 2. The molecule has 4 heteroatoms. The van der Waals surface area contributed by atoms with Gasteiger partial charge in [-0.3, -0.25) is 9.78 Å². The summed E-state index contributed by atoms with van der Waals surface area (Å²) in [6, 6.07) is 1.67. The van der Waals surface area contributed by atoms with Crippen molar-refractivity contribution in [3.63, 3.8) is 0 Å². The molecule has 1 unspecified atom stereocenters. The van der Waals surface area contributed by atoms with Crippen molar-refractivity contribution in [1.29, 1.82) is 0 Å². The van der Waals surface area contributed by atoms with E-state index in [1.807, 2.05) is 6.92 Å². The molecule has 1 heterocycles. The van der Waals surface area contributed by atoms with Gasteiger partial charge in [0.1, 0.15) is 0 Å². The lowest BCUT2D eigenvalue weighted by molar-refractivity contribution is -0.0521. The number of aromatic nitrogens is 1.